The zero-order chi connectivity index (χ0) is 12.0. The van der Waals surface area contributed by atoms with Crippen molar-refractivity contribution in [3.05, 3.63) is 24.3 Å². The minimum Gasteiger partial charge on any atom is -0.490 e. The lowest BCUT2D eigenvalue weighted by molar-refractivity contribution is 0.252. The third-order valence-electron chi connectivity index (χ3n) is 2.02. The maximum absolute atomic E-state index is 5.61. The Labute approximate surface area is 102 Å². The van der Waals surface area contributed by atoms with Crippen molar-refractivity contribution >= 4 is 17.2 Å². The monoisotopic (exact) mass is 239 g/mol. The third-order valence-corrected chi connectivity index (χ3v) is 2.35. The molecule has 0 spiro atoms. The predicted molar refractivity (Wildman–Crippen MR) is 69.1 cm³/mol. The van der Waals surface area contributed by atoms with Gasteiger partial charge in [0.25, 0.3) is 0 Å². The molecule has 0 radical (unpaired) electrons. The number of hydrogen-bond acceptors (Lipinski definition) is 3. The summed E-state index contributed by atoms with van der Waals surface area (Å²) in [5, 5.41) is 0. The fourth-order valence-electron chi connectivity index (χ4n) is 1.13. The molecule has 1 aromatic carbocycles. The third kappa shape index (κ3) is 3.70. The molecule has 1 rings (SSSR count). The van der Waals surface area contributed by atoms with Crippen LogP contribution in [0.25, 0.3) is 0 Å². The Morgan fingerprint density at radius 2 is 2.00 bits per heavy atom. The Morgan fingerprint density at radius 1 is 1.38 bits per heavy atom. The highest BCUT2D eigenvalue weighted by atomic mass is 32.1. The molecular weight excluding hydrogens is 222 g/mol. The lowest BCUT2D eigenvalue weighted by Gasteiger charge is -2.16. The first-order chi connectivity index (χ1) is 7.65. The molecule has 0 amide bonds. The highest BCUT2D eigenvalue weighted by Gasteiger charge is 2.10. The topological polar surface area (TPSA) is 44.5 Å². The Bertz CT molecular complexity index is 355. The van der Waals surface area contributed by atoms with E-state index in [1.54, 1.807) is 0 Å². The van der Waals surface area contributed by atoms with Gasteiger partial charge in [0.05, 0.1) is 6.61 Å². The van der Waals surface area contributed by atoms with Gasteiger partial charge in [-0.05, 0) is 25.5 Å². The van der Waals surface area contributed by atoms with E-state index in [1.807, 2.05) is 31.2 Å². The summed E-state index contributed by atoms with van der Waals surface area (Å²) in [7, 11) is 0. The maximum Gasteiger partial charge on any atom is 0.162 e. The molecule has 1 atom stereocenters. The first kappa shape index (κ1) is 12.8. The number of para-hydroxylation sites is 2. The molecule has 0 aliphatic carbocycles. The highest BCUT2D eigenvalue weighted by Crippen LogP contribution is 2.27. The smallest absolute Gasteiger partial charge is 0.162 e. The van der Waals surface area contributed by atoms with Gasteiger partial charge in [-0.3, -0.25) is 0 Å². The van der Waals surface area contributed by atoms with Crippen LogP contribution in [-0.2, 0) is 0 Å². The average molecular weight is 239 g/mol. The van der Waals surface area contributed by atoms with Crippen molar-refractivity contribution in [3.63, 3.8) is 0 Å². The average Bonchev–Trinajstić information content (AvgIpc) is 2.27. The van der Waals surface area contributed by atoms with Crippen LogP contribution in [0.15, 0.2) is 24.3 Å². The van der Waals surface area contributed by atoms with E-state index in [9.17, 15) is 0 Å². The Morgan fingerprint density at radius 3 is 2.56 bits per heavy atom. The van der Waals surface area contributed by atoms with E-state index in [0.717, 1.165) is 12.2 Å². The fourth-order valence-corrected chi connectivity index (χ4v) is 1.18. The zero-order valence-electron chi connectivity index (χ0n) is 9.60. The summed E-state index contributed by atoms with van der Waals surface area (Å²) in [4.78, 5) is 0.338. The van der Waals surface area contributed by atoms with Gasteiger partial charge in [-0.1, -0.05) is 31.3 Å². The summed E-state index contributed by atoms with van der Waals surface area (Å²) in [5.41, 5.74) is 5.50. The fraction of sp³-hybridized carbons (Fsp3) is 0.417. The molecule has 0 bridgehead atoms. The number of ether oxygens (including phenoxy) is 2. The van der Waals surface area contributed by atoms with E-state index >= 15 is 0 Å². The maximum atomic E-state index is 5.61. The van der Waals surface area contributed by atoms with Gasteiger partial charge < -0.3 is 15.2 Å². The lowest BCUT2D eigenvalue weighted by atomic mass is 10.3. The number of rotatable bonds is 6. The van der Waals surface area contributed by atoms with E-state index in [0.29, 0.717) is 17.3 Å². The van der Waals surface area contributed by atoms with Crippen LogP contribution in [0.4, 0.5) is 0 Å². The van der Waals surface area contributed by atoms with Crippen molar-refractivity contribution in [1.82, 2.24) is 0 Å². The molecule has 0 aliphatic heterocycles. The van der Waals surface area contributed by atoms with Crippen molar-refractivity contribution in [2.24, 2.45) is 5.73 Å². The van der Waals surface area contributed by atoms with Crippen LogP contribution in [0.3, 0.4) is 0 Å². The first-order valence-corrected chi connectivity index (χ1v) is 5.73. The van der Waals surface area contributed by atoms with E-state index in [4.69, 9.17) is 27.4 Å². The quantitative estimate of drug-likeness (QED) is 0.775. The molecule has 0 saturated heterocycles. The molecule has 0 heterocycles. The molecule has 1 unspecified atom stereocenters. The largest absolute Gasteiger partial charge is 0.490 e. The second-order valence-corrected chi connectivity index (χ2v) is 3.93. The van der Waals surface area contributed by atoms with E-state index in [2.05, 4.69) is 6.92 Å². The minimum absolute atomic E-state index is 0.290. The number of nitrogens with two attached hydrogens (primary N) is 1. The zero-order valence-corrected chi connectivity index (χ0v) is 10.4. The van der Waals surface area contributed by atoms with Gasteiger partial charge in [0.2, 0.25) is 0 Å². The predicted octanol–water partition coefficient (Wildman–Crippen LogP) is 2.53. The molecule has 0 fully saturated rings. The number of thiocarbonyl (C=S) groups is 1. The molecule has 0 saturated carbocycles. The summed E-state index contributed by atoms with van der Waals surface area (Å²) in [5.74, 6) is 1.41. The molecule has 16 heavy (non-hydrogen) atoms. The Hall–Kier alpha value is -1.29. The Kier molecular flexibility index (Phi) is 5.05. The molecule has 4 heteroatoms. The Balaban J connectivity index is 2.74. The van der Waals surface area contributed by atoms with Crippen molar-refractivity contribution in [2.45, 2.75) is 26.4 Å². The molecular formula is C12H17NO2S. The summed E-state index contributed by atoms with van der Waals surface area (Å²) in [6.07, 6.45) is 0.667. The van der Waals surface area contributed by atoms with Crippen LogP contribution in [0.2, 0.25) is 0 Å². The van der Waals surface area contributed by atoms with Gasteiger partial charge >= 0.3 is 0 Å². The van der Waals surface area contributed by atoms with Crippen molar-refractivity contribution in [2.75, 3.05) is 6.61 Å². The summed E-state index contributed by atoms with van der Waals surface area (Å²) < 4.78 is 11.2. The van der Waals surface area contributed by atoms with Gasteiger partial charge in [-0.2, -0.15) is 0 Å². The van der Waals surface area contributed by atoms with Crippen LogP contribution < -0.4 is 15.2 Å². The van der Waals surface area contributed by atoms with E-state index < -0.39 is 0 Å². The molecule has 1 aromatic rings. The van der Waals surface area contributed by atoms with Crippen LogP contribution in [-0.4, -0.2) is 17.7 Å². The van der Waals surface area contributed by atoms with E-state index in [-0.39, 0.29) is 6.10 Å². The highest BCUT2D eigenvalue weighted by molar-refractivity contribution is 7.80. The van der Waals surface area contributed by atoms with Crippen LogP contribution in [0.1, 0.15) is 20.3 Å². The van der Waals surface area contributed by atoms with Gasteiger partial charge in [0.1, 0.15) is 11.1 Å². The molecule has 88 valence electrons. The summed E-state index contributed by atoms with van der Waals surface area (Å²) >= 11 is 4.86. The van der Waals surface area contributed by atoms with Gasteiger partial charge in [0.15, 0.2) is 11.5 Å². The molecule has 0 aromatic heterocycles. The summed E-state index contributed by atoms with van der Waals surface area (Å²) in [6, 6.07) is 7.51. The lowest BCUT2D eigenvalue weighted by Crippen LogP contribution is -2.29. The van der Waals surface area contributed by atoms with Gasteiger partial charge in [-0.25, -0.2) is 0 Å². The van der Waals surface area contributed by atoms with Crippen molar-refractivity contribution in [3.8, 4) is 11.5 Å². The second-order valence-electron chi connectivity index (χ2n) is 3.46. The normalized spacial score (nSPS) is 11.9. The van der Waals surface area contributed by atoms with Gasteiger partial charge in [-0.15, -0.1) is 0 Å². The SMILES string of the molecule is CCCOc1ccccc1OC(C)C(N)=S. The standard InChI is InChI=1S/C12H17NO2S/c1-3-8-14-10-6-4-5-7-11(10)15-9(2)12(13)16/h4-7,9H,3,8H2,1-2H3,(H2,13,16). The van der Waals surface area contributed by atoms with Crippen molar-refractivity contribution < 1.29 is 9.47 Å². The van der Waals surface area contributed by atoms with Gasteiger partial charge in [0, 0.05) is 0 Å². The second kappa shape index (κ2) is 6.33. The summed E-state index contributed by atoms with van der Waals surface area (Å²) in [6.45, 7) is 4.54. The van der Waals surface area contributed by atoms with Crippen LogP contribution in [0, 0.1) is 0 Å². The van der Waals surface area contributed by atoms with Crippen molar-refractivity contribution in [1.29, 1.82) is 0 Å². The molecule has 0 aliphatic rings. The molecule has 2 N–H and O–H groups in total. The van der Waals surface area contributed by atoms with Crippen LogP contribution in [0.5, 0.6) is 11.5 Å². The number of hydrogen-bond donors (Lipinski definition) is 1. The minimum atomic E-state index is -0.290. The van der Waals surface area contributed by atoms with Crippen LogP contribution >= 0.6 is 12.2 Å². The number of benzene rings is 1. The van der Waals surface area contributed by atoms with E-state index in [1.165, 1.54) is 0 Å². The first-order valence-electron chi connectivity index (χ1n) is 5.33. The molecule has 3 nitrogen and oxygen atoms in total.